The molecule has 4 heteroatoms. The van der Waals surface area contributed by atoms with Gasteiger partial charge in [0.25, 0.3) is 6.01 Å². The molecule has 0 radical (unpaired) electrons. The number of nitrogens with zero attached hydrogens (tertiary/aromatic N) is 3. The van der Waals surface area contributed by atoms with Crippen LogP contribution in [0, 0.1) is 11.3 Å². The zero-order chi connectivity index (χ0) is 9.26. The van der Waals surface area contributed by atoms with Crippen LogP contribution in [-0.4, -0.2) is 16.7 Å². The van der Waals surface area contributed by atoms with Gasteiger partial charge in [0.1, 0.15) is 6.07 Å². The number of rotatable bonds is 1. The Morgan fingerprint density at radius 1 is 1.54 bits per heavy atom. The molecule has 0 N–H and O–H groups in total. The van der Waals surface area contributed by atoms with Gasteiger partial charge < -0.3 is 4.74 Å². The maximum absolute atomic E-state index is 8.82. The Balaban J connectivity index is 2.52. The summed E-state index contributed by atoms with van der Waals surface area (Å²) >= 11 is 0. The van der Waals surface area contributed by atoms with Gasteiger partial charge in [-0.1, -0.05) is 0 Å². The van der Waals surface area contributed by atoms with Gasteiger partial charge in [-0.3, -0.25) is 4.57 Å². The minimum absolute atomic E-state index is 0.525. The Labute approximate surface area is 76.8 Å². The molecule has 0 unspecified atom stereocenters. The van der Waals surface area contributed by atoms with Gasteiger partial charge in [-0.15, -0.1) is 0 Å². The lowest BCUT2D eigenvalue weighted by Crippen LogP contribution is -2.11. The number of ether oxygens (including phenoxy) is 1. The second kappa shape index (κ2) is 3.09. The molecule has 0 amide bonds. The Hall–Kier alpha value is -1.50. The molecule has 0 aromatic carbocycles. The second-order valence-electron chi connectivity index (χ2n) is 3.11. The van der Waals surface area contributed by atoms with Gasteiger partial charge in [-0.05, 0) is 19.3 Å². The van der Waals surface area contributed by atoms with E-state index < -0.39 is 0 Å². The van der Waals surface area contributed by atoms with E-state index in [4.69, 9.17) is 10.00 Å². The van der Waals surface area contributed by atoms with Crippen LogP contribution in [0.5, 0.6) is 6.01 Å². The smallest absolute Gasteiger partial charge is 0.297 e. The molecule has 0 spiro atoms. The molecule has 0 saturated heterocycles. The molecule has 1 aliphatic heterocycles. The first-order valence-corrected chi connectivity index (χ1v) is 4.40. The minimum atomic E-state index is 0.525. The largest absolute Gasteiger partial charge is 0.468 e. The average molecular weight is 177 g/mol. The van der Waals surface area contributed by atoms with Gasteiger partial charge in [0.15, 0.2) is 5.69 Å². The van der Waals surface area contributed by atoms with E-state index in [1.807, 2.05) is 4.57 Å². The monoisotopic (exact) mass is 177 g/mol. The van der Waals surface area contributed by atoms with Crippen molar-refractivity contribution < 1.29 is 4.74 Å². The summed E-state index contributed by atoms with van der Waals surface area (Å²) in [5.74, 6) is 0. The number of methoxy groups -OCH3 is 1. The molecular weight excluding hydrogens is 166 g/mol. The summed E-state index contributed by atoms with van der Waals surface area (Å²) in [6.45, 7) is 0.924. The molecule has 0 bridgehead atoms. The molecule has 68 valence electrons. The molecule has 0 saturated carbocycles. The average Bonchev–Trinajstić information content (AvgIpc) is 2.56. The van der Waals surface area contributed by atoms with Crippen molar-refractivity contribution in [1.82, 2.24) is 9.55 Å². The van der Waals surface area contributed by atoms with Crippen molar-refractivity contribution in [2.75, 3.05) is 7.11 Å². The third kappa shape index (κ3) is 1.17. The number of hydrogen-bond donors (Lipinski definition) is 0. The lowest BCUT2D eigenvalue weighted by molar-refractivity contribution is 0.344. The summed E-state index contributed by atoms with van der Waals surface area (Å²) in [5.41, 5.74) is 1.56. The number of aromatic nitrogens is 2. The summed E-state index contributed by atoms with van der Waals surface area (Å²) in [4.78, 5) is 4.11. The Kier molecular flexibility index (Phi) is 1.93. The van der Waals surface area contributed by atoms with Gasteiger partial charge in [0.05, 0.1) is 12.8 Å². The normalized spacial score (nSPS) is 14.8. The van der Waals surface area contributed by atoms with Gasteiger partial charge >= 0.3 is 0 Å². The van der Waals surface area contributed by atoms with E-state index in [1.165, 1.54) is 0 Å². The fourth-order valence-electron chi connectivity index (χ4n) is 1.76. The SMILES string of the molecule is COc1nc(C#N)c2n1CCCC2. The van der Waals surface area contributed by atoms with Gasteiger partial charge in [-0.2, -0.15) is 10.2 Å². The van der Waals surface area contributed by atoms with E-state index in [1.54, 1.807) is 7.11 Å². The topological polar surface area (TPSA) is 50.8 Å². The third-order valence-electron chi connectivity index (χ3n) is 2.37. The molecule has 2 rings (SSSR count). The maximum Gasteiger partial charge on any atom is 0.297 e. The highest BCUT2D eigenvalue weighted by atomic mass is 16.5. The van der Waals surface area contributed by atoms with Crippen molar-refractivity contribution in [3.63, 3.8) is 0 Å². The van der Waals surface area contributed by atoms with E-state index in [0.29, 0.717) is 11.7 Å². The zero-order valence-corrected chi connectivity index (χ0v) is 7.58. The van der Waals surface area contributed by atoms with Crippen molar-refractivity contribution >= 4 is 0 Å². The lowest BCUT2D eigenvalue weighted by Gasteiger charge is -2.15. The summed E-state index contributed by atoms with van der Waals surface area (Å²) < 4.78 is 7.10. The zero-order valence-electron chi connectivity index (χ0n) is 7.58. The van der Waals surface area contributed by atoms with E-state index in [-0.39, 0.29) is 0 Å². The molecule has 1 aromatic heterocycles. The first-order chi connectivity index (χ1) is 6.36. The van der Waals surface area contributed by atoms with Crippen LogP contribution in [0.1, 0.15) is 24.2 Å². The van der Waals surface area contributed by atoms with Crippen molar-refractivity contribution in [3.05, 3.63) is 11.4 Å². The number of nitriles is 1. The number of fused-ring (bicyclic) bond motifs is 1. The first-order valence-electron chi connectivity index (χ1n) is 4.40. The molecule has 0 fully saturated rings. The van der Waals surface area contributed by atoms with Crippen LogP contribution in [-0.2, 0) is 13.0 Å². The van der Waals surface area contributed by atoms with Crippen LogP contribution >= 0.6 is 0 Å². The van der Waals surface area contributed by atoms with Crippen molar-refractivity contribution in [2.45, 2.75) is 25.8 Å². The first kappa shape index (κ1) is 8.11. The molecule has 0 atom stereocenters. The molecular formula is C9H11N3O. The van der Waals surface area contributed by atoms with E-state index in [0.717, 1.165) is 31.5 Å². The number of hydrogen-bond acceptors (Lipinski definition) is 3. The predicted octanol–water partition coefficient (Wildman–Crippen LogP) is 1.10. The van der Waals surface area contributed by atoms with Crippen molar-refractivity contribution in [2.24, 2.45) is 0 Å². The van der Waals surface area contributed by atoms with Crippen molar-refractivity contribution in [3.8, 4) is 12.1 Å². The molecule has 1 aliphatic rings. The van der Waals surface area contributed by atoms with Gasteiger partial charge in [-0.25, -0.2) is 0 Å². The third-order valence-corrected chi connectivity index (χ3v) is 2.37. The highest BCUT2D eigenvalue weighted by molar-refractivity contribution is 5.32. The summed E-state index contributed by atoms with van der Waals surface area (Å²) in [7, 11) is 1.59. The van der Waals surface area contributed by atoms with Crippen LogP contribution < -0.4 is 4.74 Å². The van der Waals surface area contributed by atoms with Crippen LogP contribution in [0.25, 0.3) is 0 Å². The van der Waals surface area contributed by atoms with E-state index in [9.17, 15) is 0 Å². The highest BCUT2D eigenvalue weighted by Gasteiger charge is 2.19. The predicted molar refractivity (Wildman–Crippen MR) is 46.4 cm³/mol. The maximum atomic E-state index is 8.82. The summed E-state index contributed by atoms with van der Waals surface area (Å²) in [5, 5.41) is 8.82. The fraction of sp³-hybridized carbons (Fsp3) is 0.556. The molecule has 2 heterocycles. The lowest BCUT2D eigenvalue weighted by atomic mass is 10.1. The second-order valence-corrected chi connectivity index (χ2v) is 3.11. The number of imidazole rings is 1. The van der Waals surface area contributed by atoms with Crippen LogP contribution in [0.4, 0.5) is 0 Å². The van der Waals surface area contributed by atoms with Crippen molar-refractivity contribution in [1.29, 1.82) is 5.26 Å². The Bertz CT molecular complexity index is 362. The standard InChI is InChI=1S/C9H11N3O/c1-13-9-11-7(6-10)8-4-2-3-5-12(8)9/h2-5H2,1H3. The minimum Gasteiger partial charge on any atom is -0.468 e. The summed E-state index contributed by atoms with van der Waals surface area (Å²) in [6, 6.07) is 2.67. The van der Waals surface area contributed by atoms with Gasteiger partial charge in [0.2, 0.25) is 0 Å². The summed E-state index contributed by atoms with van der Waals surface area (Å²) in [6.07, 6.45) is 3.23. The van der Waals surface area contributed by atoms with E-state index in [2.05, 4.69) is 11.1 Å². The van der Waals surface area contributed by atoms with Crippen LogP contribution in [0.3, 0.4) is 0 Å². The quantitative estimate of drug-likeness (QED) is 0.645. The van der Waals surface area contributed by atoms with E-state index >= 15 is 0 Å². The highest BCUT2D eigenvalue weighted by Crippen LogP contribution is 2.24. The molecule has 0 aliphatic carbocycles. The Morgan fingerprint density at radius 2 is 2.38 bits per heavy atom. The van der Waals surface area contributed by atoms with Crippen LogP contribution in [0.15, 0.2) is 0 Å². The fourth-order valence-corrected chi connectivity index (χ4v) is 1.76. The molecule has 1 aromatic rings. The molecule has 4 nitrogen and oxygen atoms in total. The van der Waals surface area contributed by atoms with Crippen LogP contribution in [0.2, 0.25) is 0 Å². The Morgan fingerprint density at radius 3 is 3.08 bits per heavy atom. The molecule has 13 heavy (non-hydrogen) atoms. The van der Waals surface area contributed by atoms with Gasteiger partial charge in [0, 0.05) is 6.54 Å².